The van der Waals surface area contributed by atoms with E-state index in [9.17, 15) is 0 Å². The average Bonchev–Trinajstić information content (AvgIpc) is 2.19. The minimum atomic E-state index is -0.00349. The van der Waals surface area contributed by atoms with Crippen molar-refractivity contribution in [2.75, 3.05) is 52.9 Å². The monoisotopic (exact) mass is 249 g/mol. The molecule has 5 nitrogen and oxygen atoms in total. The standard InChI is InChI=1S/C9H21N4O.Ti/c1-14-9-8-12-5-4-10-2-3-11-6-7-13-9;/h9-12H,2-8H2,1H3;/q-1;. The molecule has 0 aromatic carbocycles. The fourth-order valence-corrected chi connectivity index (χ4v) is 1.34. The molecule has 1 atom stereocenters. The van der Waals surface area contributed by atoms with E-state index in [0.29, 0.717) is 0 Å². The Morgan fingerprint density at radius 1 is 1.00 bits per heavy atom. The summed E-state index contributed by atoms with van der Waals surface area (Å²) < 4.78 is 5.22. The van der Waals surface area contributed by atoms with Crippen molar-refractivity contribution < 1.29 is 26.5 Å². The van der Waals surface area contributed by atoms with Gasteiger partial charge in [0, 0.05) is 61.6 Å². The number of nitrogens with zero attached hydrogens (tertiary/aromatic N) is 1. The summed E-state index contributed by atoms with van der Waals surface area (Å²) in [5.41, 5.74) is 0. The molecule has 0 spiro atoms. The van der Waals surface area contributed by atoms with Gasteiger partial charge in [0.2, 0.25) is 0 Å². The van der Waals surface area contributed by atoms with Gasteiger partial charge in [0.05, 0.1) is 0 Å². The van der Waals surface area contributed by atoms with E-state index in [0.717, 1.165) is 45.8 Å². The number of hydrogen-bond acceptors (Lipinski definition) is 4. The van der Waals surface area contributed by atoms with Crippen molar-refractivity contribution in [2.24, 2.45) is 0 Å². The number of nitrogens with one attached hydrogen (secondary N) is 3. The molecule has 1 saturated heterocycles. The molecule has 0 aromatic rings. The largest absolute Gasteiger partial charge is 0.634 e. The molecule has 0 radical (unpaired) electrons. The van der Waals surface area contributed by atoms with E-state index in [1.807, 2.05) is 0 Å². The predicted molar refractivity (Wildman–Crippen MR) is 57.6 cm³/mol. The van der Waals surface area contributed by atoms with Crippen molar-refractivity contribution in [2.45, 2.75) is 6.23 Å². The van der Waals surface area contributed by atoms with E-state index in [-0.39, 0.29) is 27.9 Å². The van der Waals surface area contributed by atoms with Crippen LogP contribution < -0.4 is 16.0 Å². The zero-order valence-corrected chi connectivity index (χ0v) is 10.9. The second-order valence-corrected chi connectivity index (χ2v) is 3.30. The van der Waals surface area contributed by atoms with Crippen LogP contribution in [0, 0.1) is 0 Å². The van der Waals surface area contributed by atoms with E-state index in [2.05, 4.69) is 21.3 Å². The van der Waals surface area contributed by atoms with Gasteiger partial charge in [-0.3, -0.25) is 0 Å². The quantitative estimate of drug-likeness (QED) is 0.528. The molecule has 15 heavy (non-hydrogen) atoms. The van der Waals surface area contributed by atoms with Crippen molar-refractivity contribution >= 4 is 0 Å². The molecule has 1 heterocycles. The molecular formula is C9H21N4OTi-. The molecular weight excluding hydrogens is 228 g/mol. The van der Waals surface area contributed by atoms with E-state index < -0.39 is 0 Å². The van der Waals surface area contributed by atoms with E-state index in [1.54, 1.807) is 7.11 Å². The van der Waals surface area contributed by atoms with Crippen LogP contribution in [-0.4, -0.2) is 59.2 Å². The topological polar surface area (TPSA) is 59.4 Å². The molecule has 0 saturated carbocycles. The van der Waals surface area contributed by atoms with Crippen LogP contribution in [0.3, 0.4) is 0 Å². The Morgan fingerprint density at radius 3 is 2.27 bits per heavy atom. The molecule has 0 bridgehead atoms. The van der Waals surface area contributed by atoms with Crippen LogP contribution in [0.2, 0.25) is 0 Å². The summed E-state index contributed by atoms with van der Waals surface area (Å²) in [6, 6.07) is 0. The SMILES string of the molecule is COC1CNCCNCCNCC[N-]1.[Ti]. The van der Waals surface area contributed by atoms with E-state index >= 15 is 0 Å². The van der Waals surface area contributed by atoms with Gasteiger partial charge in [-0.05, 0) is 12.8 Å². The third-order valence-electron chi connectivity index (χ3n) is 2.17. The fraction of sp³-hybridized carbons (Fsp3) is 1.00. The maximum absolute atomic E-state index is 5.22. The third-order valence-corrected chi connectivity index (χ3v) is 2.17. The summed E-state index contributed by atoms with van der Waals surface area (Å²) in [5.74, 6) is 0. The number of methoxy groups -OCH3 is 1. The first-order chi connectivity index (χ1) is 6.93. The Balaban J connectivity index is 0.00000196. The molecule has 88 valence electrons. The second-order valence-electron chi connectivity index (χ2n) is 3.30. The minimum Gasteiger partial charge on any atom is -0.634 e. The van der Waals surface area contributed by atoms with Crippen LogP contribution in [0.25, 0.3) is 5.32 Å². The predicted octanol–water partition coefficient (Wildman–Crippen LogP) is -0.887. The van der Waals surface area contributed by atoms with Crippen LogP contribution in [0.5, 0.6) is 0 Å². The Morgan fingerprint density at radius 2 is 1.60 bits per heavy atom. The molecule has 1 fully saturated rings. The number of rotatable bonds is 1. The van der Waals surface area contributed by atoms with Gasteiger partial charge < -0.3 is 26.0 Å². The zero-order chi connectivity index (χ0) is 10.1. The normalized spacial score (nSPS) is 25.8. The van der Waals surface area contributed by atoms with Gasteiger partial charge in [0.25, 0.3) is 0 Å². The van der Waals surface area contributed by atoms with Gasteiger partial charge in [-0.1, -0.05) is 0 Å². The van der Waals surface area contributed by atoms with Crippen molar-refractivity contribution in [1.29, 1.82) is 0 Å². The van der Waals surface area contributed by atoms with Gasteiger partial charge in [0.1, 0.15) is 0 Å². The maximum atomic E-state index is 5.22. The fourth-order valence-electron chi connectivity index (χ4n) is 1.34. The van der Waals surface area contributed by atoms with Gasteiger partial charge >= 0.3 is 0 Å². The average molecular weight is 249 g/mol. The molecule has 6 heteroatoms. The first-order valence-electron chi connectivity index (χ1n) is 5.25. The molecule has 0 aliphatic carbocycles. The summed E-state index contributed by atoms with van der Waals surface area (Å²) in [6.45, 7) is 6.55. The summed E-state index contributed by atoms with van der Waals surface area (Å²) in [4.78, 5) is 0. The molecule has 0 amide bonds. The summed E-state index contributed by atoms with van der Waals surface area (Å²) in [5, 5.41) is 14.4. The molecule has 3 N–H and O–H groups in total. The minimum absolute atomic E-state index is 0. The molecule has 1 unspecified atom stereocenters. The van der Waals surface area contributed by atoms with Crippen molar-refractivity contribution in [3.05, 3.63) is 5.32 Å². The molecule has 1 rings (SSSR count). The van der Waals surface area contributed by atoms with Gasteiger partial charge in [0.15, 0.2) is 0 Å². The summed E-state index contributed by atoms with van der Waals surface area (Å²) >= 11 is 0. The van der Waals surface area contributed by atoms with Crippen molar-refractivity contribution in [3.8, 4) is 0 Å². The van der Waals surface area contributed by atoms with Gasteiger partial charge in [-0.2, -0.15) is 0 Å². The maximum Gasteiger partial charge on any atom is 0.0335 e. The molecule has 1 aliphatic rings. The van der Waals surface area contributed by atoms with Crippen LogP contribution in [0.4, 0.5) is 0 Å². The molecule has 1 aliphatic heterocycles. The first-order valence-corrected chi connectivity index (χ1v) is 5.25. The smallest absolute Gasteiger partial charge is 0.0335 e. The van der Waals surface area contributed by atoms with E-state index in [1.165, 1.54) is 0 Å². The van der Waals surface area contributed by atoms with E-state index in [4.69, 9.17) is 4.74 Å². The van der Waals surface area contributed by atoms with Gasteiger partial charge in [-0.15, -0.1) is 6.54 Å². The Hall–Kier alpha value is 0.514. The Kier molecular flexibility index (Phi) is 11.4. The van der Waals surface area contributed by atoms with Crippen LogP contribution in [0.15, 0.2) is 0 Å². The van der Waals surface area contributed by atoms with Crippen molar-refractivity contribution in [1.82, 2.24) is 16.0 Å². The van der Waals surface area contributed by atoms with Gasteiger partial charge in [-0.25, -0.2) is 0 Å². The van der Waals surface area contributed by atoms with Crippen LogP contribution >= 0.6 is 0 Å². The second kappa shape index (κ2) is 11.0. The zero-order valence-electron chi connectivity index (χ0n) is 9.38. The van der Waals surface area contributed by atoms with Crippen molar-refractivity contribution in [3.63, 3.8) is 0 Å². The third kappa shape index (κ3) is 8.33. The Labute approximate surface area is 107 Å². The van der Waals surface area contributed by atoms with Crippen LogP contribution in [-0.2, 0) is 26.5 Å². The van der Waals surface area contributed by atoms with Crippen LogP contribution in [0.1, 0.15) is 0 Å². The number of ether oxygens (including phenoxy) is 1. The molecule has 0 aromatic heterocycles. The first kappa shape index (κ1) is 15.5. The Bertz CT molecular complexity index is 127. The number of hydrogen-bond donors (Lipinski definition) is 3. The summed E-state index contributed by atoms with van der Waals surface area (Å²) in [7, 11) is 1.70. The summed E-state index contributed by atoms with van der Waals surface area (Å²) in [6.07, 6.45) is -0.00349.